The Morgan fingerprint density at radius 1 is 1.38 bits per heavy atom. The Kier molecular flexibility index (Phi) is 2.96. The molecule has 0 spiro atoms. The van der Waals surface area contributed by atoms with Crippen molar-refractivity contribution in [2.24, 2.45) is 0 Å². The van der Waals surface area contributed by atoms with Crippen LogP contribution in [0.4, 0.5) is 5.69 Å². The van der Waals surface area contributed by atoms with E-state index in [4.69, 9.17) is 0 Å². The molecule has 0 radical (unpaired) electrons. The van der Waals surface area contributed by atoms with Gasteiger partial charge in [-0.15, -0.1) is 11.3 Å². The Morgan fingerprint density at radius 2 is 2.19 bits per heavy atom. The molecule has 86 valence electrons. The third-order valence-electron chi connectivity index (χ3n) is 2.22. The maximum Gasteiger partial charge on any atom is 0.0794 e. The molecule has 0 bridgehead atoms. The standard InChI is InChI=1S/C11H16N4S/c1-11(2,3)15-7-9(4-14-15)13-6-10-5-12-8-16-10/h4-5,7-8,13H,6H2,1-3H3. The van der Waals surface area contributed by atoms with Crippen LogP contribution in [0.1, 0.15) is 25.6 Å². The molecule has 0 aliphatic rings. The number of anilines is 1. The normalized spacial score (nSPS) is 11.7. The molecule has 0 saturated heterocycles. The summed E-state index contributed by atoms with van der Waals surface area (Å²) >= 11 is 1.65. The summed E-state index contributed by atoms with van der Waals surface area (Å²) in [5, 5.41) is 7.66. The fourth-order valence-corrected chi connectivity index (χ4v) is 1.83. The van der Waals surface area contributed by atoms with Gasteiger partial charge < -0.3 is 5.32 Å². The molecule has 2 heterocycles. The highest BCUT2D eigenvalue weighted by Crippen LogP contribution is 2.16. The molecule has 16 heavy (non-hydrogen) atoms. The highest BCUT2D eigenvalue weighted by molar-refractivity contribution is 7.09. The molecule has 5 heteroatoms. The van der Waals surface area contributed by atoms with Gasteiger partial charge in [-0.3, -0.25) is 9.67 Å². The lowest BCUT2D eigenvalue weighted by Crippen LogP contribution is -2.21. The summed E-state index contributed by atoms with van der Waals surface area (Å²) in [6.45, 7) is 7.20. The van der Waals surface area contributed by atoms with Crippen molar-refractivity contribution in [1.82, 2.24) is 14.8 Å². The van der Waals surface area contributed by atoms with E-state index in [-0.39, 0.29) is 5.54 Å². The van der Waals surface area contributed by atoms with Gasteiger partial charge in [0.1, 0.15) is 0 Å². The summed E-state index contributed by atoms with van der Waals surface area (Å²) < 4.78 is 1.96. The molecule has 0 fully saturated rings. The summed E-state index contributed by atoms with van der Waals surface area (Å²) in [5.41, 5.74) is 2.92. The lowest BCUT2D eigenvalue weighted by Gasteiger charge is -2.18. The van der Waals surface area contributed by atoms with Gasteiger partial charge in [0.15, 0.2) is 0 Å². The van der Waals surface area contributed by atoms with Crippen molar-refractivity contribution in [2.45, 2.75) is 32.9 Å². The summed E-state index contributed by atoms with van der Waals surface area (Å²) in [7, 11) is 0. The molecule has 1 N–H and O–H groups in total. The van der Waals surface area contributed by atoms with Gasteiger partial charge in [-0.25, -0.2) is 0 Å². The topological polar surface area (TPSA) is 42.7 Å². The van der Waals surface area contributed by atoms with Crippen molar-refractivity contribution in [2.75, 3.05) is 5.32 Å². The van der Waals surface area contributed by atoms with Crippen LogP contribution in [0.15, 0.2) is 24.1 Å². The lowest BCUT2D eigenvalue weighted by molar-refractivity contribution is 0.355. The van der Waals surface area contributed by atoms with Crippen LogP contribution in [0.5, 0.6) is 0 Å². The minimum atomic E-state index is 0.0322. The maximum atomic E-state index is 4.33. The van der Waals surface area contributed by atoms with E-state index < -0.39 is 0 Å². The van der Waals surface area contributed by atoms with E-state index in [0.717, 1.165) is 12.2 Å². The number of hydrogen-bond acceptors (Lipinski definition) is 4. The molecule has 0 unspecified atom stereocenters. The van der Waals surface area contributed by atoms with Crippen LogP contribution in [-0.2, 0) is 12.1 Å². The average molecular weight is 236 g/mol. The van der Waals surface area contributed by atoms with Gasteiger partial charge in [-0.1, -0.05) is 0 Å². The Bertz CT molecular complexity index is 439. The molecule has 2 aromatic rings. The minimum Gasteiger partial charge on any atom is -0.378 e. The molecule has 4 nitrogen and oxygen atoms in total. The van der Waals surface area contributed by atoms with Crippen LogP contribution in [-0.4, -0.2) is 14.8 Å². The Balaban J connectivity index is 1.98. The predicted octanol–water partition coefficient (Wildman–Crippen LogP) is 2.71. The van der Waals surface area contributed by atoms with E-state index in [1.54, 1.807) is 11.3 Å². The van der Waals surface area contributed by atoms with Crippen LogP contribution >= 0.6 is 11.3 Å². The molecule has 0 aliphatic carbocycles. The van der Waals surface area contributed by atoms with Gasteiger partial charge in [0.2, 0.25) is 0 Å². The fraction of sp³-hybridized carbons (Fsp3) is 0.455. The zero-order chi connectivity index (χ0) is 11.6. The molecule has 2 aromatic heterocycles. The van der Waals surface area contributed by atoms with Crippen LogP contribution in [0.25, 0.3) is 0 Å². The SMILES string of the molecule is CC(C)(C)n1cc(NCc2cncs2)cn1. The molecule has 0 atom stereocenters. The maximum absolute atomic E-state index is 4.33. The van der Waals surface area contributed by atoms with Crippen LogP contribution in [0.3, 0.4) is 0 Å². The van der Waals surface area contributed by atoms with Crippen LogP contribution < -0.4 is 5.32 Å². The first-order valence-electron chi connectivity index (χ1n) is 5.22. The monoisotopic (exact) mass is 236 g/mol. The zero-order valence-electron chi connectivity index (χ0n) is 9.77. The van der Waals surface area contributed by atoms with Gasteiger partial charge in [0.25, 0.3) is 0 Å². The van der Waals surface area contributed by atoms with Crippen molar-refractivity contribution < 1.29 is 0 Å². The van der Waals surface area contributed by atoms with E-state index in [1.165, 1.54) is 4.88 Å². The van der Waals surface area contributed by atoms with Crippen LogP contribution in [0.2, 0.25) is 0 Å². The van der Waals surface area contributed by atoms with Crippen LogP contribution in [0, 0.1) is 0 Å². The Hall–Kier alpha value is -1.36. The van der Waals surface area contributed by atoms with Gasteiger partial charge in [-0.05, 0) is 20.8 Å². The lowest BCUT2D eigenvalue weighted by atomic mass is 10.1. The highest BCUT2D eigenvalue weighted by Gasteiger charge is 2.13. The summed E-state index contributed by atoms with van der Waals surface area (Å²) in [6.07, 6.45) is 5.76. The third kappa shape index (κ3) is 2.61. The van der Waals surface area contributed by atoms with Crippen molar-refractivity contribution in [3.8, 4) is 0 Å². The molecule has 0 aromatic carbocycles. The predicted molar refractivity (Wildman–Crippen MR) is 66.7 cm³/mol. The molecular formula is C11H16N4S. The second-order valence-corrected chi connectivity index (χ2v) is 5.64. The quantitative estimate of drug-likeness (QED) is 0.891. The Labute approximate surface area is 99.3 Å². The number of nitrogens with one attached hydrogen (secondary N) is 1. The smallest absolute Gasteiger partial charge is 0.0794 e. The first-order valence-corrected chi connectivity index (χ1v) is 6.10. The number of nitrogens with zero attached hydrogens (tertiary/aromatic N) is 3. The summed E-state index contributed by atoms with van der Waals surface area (Å²) in [5.74, 6) is 0. The van der Waals surface area contributed by atoms with E-state index in [9.17, 15) is 0 Å². The van der Waals surface area contributed by atoms with Gasteiger partial charge in [0.05, 0.1) is 29.5 Å². The number of aromatic nitrogens is 3. The number of hydrogen-bond donors (Lipinski definition) is 1. The molecule has 0 saturated carbocycles. The highest BCUT2D eigenvalue weighted by atomic mass is 32.1. The van der Waals surface area contributed by atoms with Crippen molar-refractivity contribution in [3.63, 3.8) is 0 Å². The number of rotatable bonds is 3. The summed E-state index contributed by atoms with van der Waals surface area (Å²) in [6, 6.07) is 0. The fourth-order valence-electron chi connectivity index (χ4n) is 1.30. The first kappa shape index (κ1) is 11.1. The molecule has 0 amide bonds. The average Bonchev–Trinajstić information content (AvgIpc) is 2.85. The van der Waals surface area contributed by atoms with E-state index >= 15 is 0 Å². The van der Waals surface area contributed by atoms with Gasteiger partial charge in [0, 0.05) is 17.3 Å². The van der Waals surface area contributed by atoms with E-state index in [1.807, 2.05) is 28.8 Å². The number of thiazole rings is 1. The van der Waals surface area contributed by atoms with Gasteiger partial charge >= 0.3 is 0 Å². The van der Waals surface area contributed by atoms with E-state index in [0.29, 0.717) is 0 Å². The first-order chi connectivity index (χ1) is 7.55. The second-order valence-electron chi connectivity index (χ2n) is 4.67. The Morgan fingerprint density at radius 3 is 2.75 bits per heavy atom. The molecule has 0 aliphatic heterocycles. The summed E-state index contributed by atoms with van der Waals surface area (Å²) in [4.78, 5) is 5.26. The van der Waals surface area contributed by atoms with Crippen molar-refractivity contribution in [3.05, 3.63) is 29.0 Å². The van der Waals surface area contributed by atoms with Crippen molar-refractivity contribution >= 4 is 17.0 Å². The largest absolute Gasteiger partial charge is 0.378 e. The van der Waals surface area contributed by atoms with Crippen molar-refractivity contribution in [1.29, 1.82) is 0 Å². The second kappa shape index (κ2) is 4.25. The third-order valence-corrected chi connectivity index (χ3v) is 3.00. The minimum absolute atomic E-state index is 0.0322. The molecule has 2 rings (SSSR count). The van der Waals surface area contributed by atoms with E-state index in [2.05, 4.69) is 36.2 Å². The van der Waals surface area contributed by atoms with Gasteiger partial charge in [-0.2, -0.15) is 5.10 Å². The molecular weight excluding hydrogens is 220 g/mol. The zero-order valence-corrected chi connectivity index (χ0v) is 10.6.